The van der Waals surface area contributed by atoms with E-state index in [4.69, 9.17) is 11.6 Å². The molecule has 0 radical (unpaired) electrons. The Balaban J connectivity index is 1.64. The van der Waals surface area contributed by atoms with Gasteiger partial charge >= 0.3 is 0 Å². The van der Waals surface area contributed by atoms with Gasteiger partial charge in [0.05, 0.1) is 0 Å². The number of hydrogen-bond donors (Lipinski definition) is 1. The lowest BCUT2D eigenvalue weighted by molar-refractivity contribution is 0.102. The molecule has 0 aliphatic rings. The van der Waals surface area contributed by atoms with Crippen molar-refractivity contribution in [2.24, 2.45) is 0 Å². The lowest BCUT2D eigenvalue weighted by Crippen LogP contribution is -2.14. The van der Waals surface area contributed by atoms with Gasteiger partial charge in [-0.15, -0.1) is 11.8 Å². The van der Waals surface area contributed by atoms with E-state index in [0.29, 0.717) is 5.56 Å². The molecule has 0 aliphatic heterocycles. The van der Waals surface area contributed by atoms with E-state index in [2.05, 4.69) is 24.4 Å². The summed E-state index contributed by atoms with van der Waals surface area (Å²) in [4.78, 5) is 13.8. The minimum Gasteiger partial charge on any atom is -0.322 e. The highest BCUT2D eigenvalue weighted by atomic mass is 35.5. The highest BCUT2D eigenvalue weighted by molar-refractivity contribution is 7.98. The van der Waals surface area contributed by atoms with E-state index in [1.165, 1.54) is 16.0 Å². The monoisotopic (exact) mass is 395 g/mol. The van der Waals surface area contributed by atoms with Crippen molar-refractivity contribution in [1.82, 2.24) is 0 Å². The van der Waals surface area contributed by atoms with Gasteiger partial charge in [-0.05, 0) is 73.9 Å². The second kappa shape index (κ2) is 8.64. The van der Waals surface area contributed by atoms with Crippen LogP contribution in [0.2, 0.25) is 5.02 Å². The third kappa shape index (κ3) is 5.15. The first-order valence-corrected chi connectivity index (χ1v) is 10.2. The summed E-state index contributed by atoms with van der Waals surface area (Å²) < 4.78 is 0. The normalized spacial score (nSPS) is 10.7. The molecule has 3 rings (SSSR count). The second-order valence-electron chi connectivity index (χ2n) is 6.67. The molecule has 27 heavy (non-hydrogen) atoms. The Morgan fingerprint density at radius 3 is 2.11 bits per heavy atom. The number of anilines is 1. The highest BCUT2D eigenvalue weighted by Gasteiger charge is 2.10. The summed E-state index contributed by atoms with van der Waals surface area (Å²) in [5, 5.41) is 3.79. The third-order valence-corrected chi connectivity index (χ3v) is 5.69. The molecular formula is C23H22ClNOS. The maximum absolute atomic E-state index is 12.6. The summed E-state index contributed by atoms with van der Waals surface area (Å²) in [7, 11) is 0. The van der Waals surface area contributed by atoms with Crippen molar-refractivity contribution in [1.29, 1.82) is 0 Å². The van der Waals surface area contributed by atoms with Crippen molar-refractivity contribution in [3.05, 3.63) is 93.5 Å². The SMILES string of the molecule is Cc1cc(C)c(NC(=O)c2ccc(CSc3ccc(Cl)cc3)cc2)c(C)c1. The summed E-state index contributed by atoms with van der Waals surface area (Å²) in [6, 6.07) is 19.8. The van der Waals surface area contributed by atoms with Crippen LogP contribution in [0.3, 0.4) is 0 Å². The van der Waals surface area contributed by atoms with Crippen LogP contribution in [-0.4, -0.2) is 5.91 Å². The van der Waals surface area contributed by atoms with Crippen molar-refractivity contribution in [3.63, 3.8) is 0 Å². The Morgan fingerprint density at radius 2 is 1.52 bits per heavy atom. The van der Waals surface area contributed by atoms with E-state index in [1.807, 2.05) is 62.4 Å². The minimum atomic E-state index is -0.0815. The summed E-state index contributed by atoms with van der Waals surface area (Å²) >= 11 is 7.66. The van der Waals surface area contributed by atoms with Gasteiger partial charge in [0.15, 0.2) is 0 Å². The molecule has 0 fully saturated rings. The number of thioether (sulfide) groups is 1. The Bertz CT molecular complexity index is 926. The van der Waals surface area contributed by atoms with Crippen LogP contribution >= 0.6 is 23.4 Å². The largest absolute Gasteiger partial charge is 0.322 e. The lowest BCUT2D eigenvalue weighted by atomic mass is 10.0. The summed E-state index contributed by atoms with van der Waals surface area (Å²) in [6.45, 7) is 6.10. The molecule has 3 aromatic rings. The first-order valence-electron chi connectivity index (χ1n) is 8.79. The molecule has 1 amide bonds. The van der Waals surface area contributed by atoms with Crippen LogP contribution in [0, 0.1) is 20.8 Å². The van der Waals surface area contributed by atoms with Gasteiger partial charge in [0.2, 0.25) is 0 Å². The Kier molecular flexibility index (Phi) is 6.25. The van der Waals surface area contributed by atoms with Crippen LogP contribution < -0.4 is 5.32 Å². The number of benzene rings is 3. The van der Waals surface area contributed by atoms with Crippen LogP contribution in [0.4, 0.5) is 5.69 Å². The van der Waals surface area contributed by atoms with E-state index in [1.54, 1.807) is 11.8 Å². The first kappa shape index (κ1) is 19.5. The fourth-order valence-corrected chi connectivity index (χ4v) is 3.99. The molecule has 0 saturated heterocycles. The Morgan fingerprint density at radius 1 is 0.926 bits per heavy atom. The quantitative estimate of drug-likeness (QED) is 0.480. The Labute approximate surface area is 170 Å². The molecule has 138 valence electrons. The van der Waals surface area contributed by atoms with Crippen molar-refractivity contribution in [2.75, 3.05) is 5.32 Å². The van der Waals surface area contributed by atoms with Crippen molar-refractivity contribution >= 4 is 35.0 Å². The smallest absolute Gasteiger partial charge is 0.255 e. The molecule has 0 heterocycles. The molecule has 3 aromatic carbocycles. The van der Waals surface area contributed by atoms with Crippen LogP contribution in [0.5, 0.6) is 0 Å². The maximum Gasteiger partial charge on any atom is 0.255 e. The predicted molar refractivity (Wildman–Crippen MR) is 116 cm³/mol. The third-order valence-electron chi connectivity index (χ3n) is 4.35. The molecule has 0 bridgehead atoms. The summed E-state index contributed by atoms with van der Waals surface area (Å²) in [5.74, 6) is 0.765. The predicted octanol–water partition coefficient (Wildman–Crippen LogP) is 6.81. The zero-order chi connectivity index (χ0) is 19.4. The standard InChI is InChI=1S/C23H22ClNOS/c1-15-12-16(2)22(17(3)13-15)25-23(26)19-6-4-18(5-7-19)14-27-21-10-8-20(24)9-11-21/h4-13H,14H2,1-3H3,(H,25,26). The van der Waals surface area contributed by atoms with E-state index >= 15 is 0 Å². The number of hydrogen-bond acceptors (Lipinski definition) is 2. The lowest BCUT2D eigenvalue weighted by Gasteiger charge is -2.13. The molecule has 0 unspecified atom stereocenters. The number of amides is 1. The number of carbonyl (C=O) groups excluding carboxylic acids is 1. The number of nitrogens with one attached hydrogen (secondary N) is 1. The van der Waals surface area contributed by atoms with Crippen molar-refractivity contribution < 1.29 is 4.79 Å². The topological polar surface area (TPSA) is 29.1 Å². The second-order valence-corrected chi connectivity index (χ2v) is 8.15. The molecular weight excluding hydrogens is 374 g/mol. The number of halogens is 1. The van der Waals surface area contributed by atoms with Crippen LogP contribution in [0.1, 0.15) is 32.6 Å². The zero-order valence-corrected chi connectivity index (χ0v) is 17.2. The average Bonchev–Trinajstić information content (AvgIpc) is 2.64. The molecule has 0 aromatic heterocycles. The van der Waals surface area contributed by atoms with Gasteiger partial charge in [0.1, 0.15) is 0 Å². The molecule has 4 heteroatoms. The molecule has 0 aliphatic carbocycles. The molecule has 2 nitrogen and oxygen atoms in total. The fraction of sp³-hybridized carbons (Fsp3) is 0.174. The van der Waals surface area contributed by atoms with Gasteiger partial charge in [-0.3, -0.25) is 4.79 Å². The molecule has 0 saturated carbocycles. The van der Waals surface area contributed by atoms with Gasteiger partial charge in [-0.25, -0.2) is 0 Å². The first-order chi connectivity index (χ1) is 12.9. The van der Waals surface area contributed by atoms with Crippen LogP contribution in [0.15, 0.2) is 65.6 Å². The average molecular weight is 396 g/mol. The number of rotatable bonds is 5. The fourth-order valence-electron chi connectivity index (χ4n) is 3.01. The maximum atomic E-state index is 12.6. The summed E-state index contributed by atoms with van der Waals surface area (Å²) in [6.07, 6.45) is 0. The van der Waals surface area contributed by atoms with E-state index in [9.17, 15) is 4.79 Å². The van der Waals surface area contributed by atoms with Crippen molar-refractivity contribution in [3.8, 4) is 0 Å². The number of carbonyl (C=O) groups is 1. The van der Waals surface area contributed by atoms with Gasteiger partial charge in [-0.2, -0.15) is 0 Å². The molecule has 0 spiro atoms. The summed E-state index contributed by atoms with van der Waals surface area (Å²) in [5.41, 5.74) is 6.09. The van der Waals surface area contributed by atoms with Gasteiger partial charge in [0.25, 0.3) is 5.91 Å². The van der Waals surface area contributed by atoms with Crippen LogP contribution in [0.25, 0.3) is 0 Å². The van der Waals surface area contributed by atoms with Gasteiger partial charge in [0, 0.05) is 26.9 Å². The minimum absolute atomic E-state index is 0.0815. The van der Waals surface area contributed by atoms with Crippen LogP contribution in [-0.2, 0) is 5.75 Å². The van der Waals surface area contributed by atoms with Crippen molar-refractivity contribution in [2.45, 2.75) is 31.4 Å². The van der Waals surface area contributed by atoms with Gasteiger partial charge < -0.3 is 5.32 Å². The van der Waals surface area contributed by atoms with E-state index in [0.717, 1.165) is 27.6 Å². The zero-order valence-electron chi connectivity index (χ0n) is 15.7. The molecule has 0 atom stereocenters. The van der Waals surface area contributed by atoms with E-state index in [-0.39, 0.29) is 5.91 Å². The molecule has 1 N–H and O–H groups in total. The van der Waals surface area contributed by atoms with E-state index < -0.39 is 0 Å². The van der Waals surface area contributed by atoms with Gasteiger partial charge in [-0.1, -0.05) is 41.4 Å². The highest BCUT2D eigenvalue weighted by Crippen LogP contribution is 2.25. The Hall–Kier alpha value is -2.23. The number of aryl methyl sites for hydroxylation is 3.